The van der Waals surface area contributed by atoms with Gasteiger partial charge in [-0.2, -0.15) is 4.99 Å². The highest BCUT2D eigenvalue weighted by atomic mass is 35.5. The maximum atomic E-state index is 13.6. The van der Waals surface area contributed by atoms with Crippen LogP contribution in [0.5, 0.6) is 0 Å². The van der Waals surface area contributed by atoms with Gasteiger partial charge in [0.25, 0.3) is 5.91 Å². The molecular weight excluding hydrogens is 411 g/mol. The zero-order valence-electron chi connectivity index (χ0n) is 14.6. The summed E-state index contributed by atoms with van der Waals surface area (Å²) in [5.74, 6) is -0.687. The van der Waals surface area contributed by atoms with Gasteiger partial charge in [0.1, 0.15) is 5.82 Å². The van der Waals surface area contributed by atoms with Gasteiger partial charge in [-0.3, -0.25) is 4.79 Å². The van der Waals surface area contributed by atoms with Gasteiger partial charge in [-0.1, -0.05) is 42.6 Å². The van der Waals surface area contributed by atoms with Crippen LogP contribution in [0.4, 0.5) is 10.1 Å². The smallest absolute Gasteiger partial charge is 0.251 e. The number of hydrogen-bond donors (Lipinski definition) is 0. The van der Waals surface area contributed by atoms with Gasteiger partial charge in [0, 0.05) is 16.9 Å². The van der Waals surface area contributed by atoms with Crippen LogP contribution in [0.25, 0.3) is 0 Å². The molecule has 3 fully saturated rings. The molecule has 1 amide bonds. The van der Waals surface area contributed by atoms with E-state index < -0.39 is 15.7 Å². The summed E-state index contributed by atoms with van der Waals surface area (Å²) in [5.41, 5.74) is 0.564. The van der Waals surface area contributed by atoms with Crippen molar-refractivity contribution in [1.82, 2.24) is 0 Å². The third-order valence-corrected chi connectivity index (χ3v) is 8.91. The van der Waals surface area contributed by atoms with E-state index in [-0.39, 0.29) is 39.6 Å². The predicted molar refractivity (Wildman–Crippen MR) is 107 cm³/mol. The first kappa shape index (κ1) is 19.2. The van der Waals surface area contributed by atoms with E-state index in [4.69, 9.17) is 11.6 Å². The highest BCUT2D eigenvalue weighted by molar-refractivity contribution is 8.16. The summed E-state index contributed by atoms with van der Waals surface area (Å²) >= 11 is 7.26. The van der Waals surface area contributed by atoms with Gasteiger partial charge in [0.05, 0.1) is 22.6 Å². The number of nitrogens with zero attached hydrogens (tertiary/aromatic N) is 2. The first-order chi connectivity index (χ1) is 12.8. The first-order valence-electron chi connectivity index (χ1n) is 9.08. The van der Waals surface area contributed by atoms with Crippen LogP contribution in [0.1, 0.15) is 32.1 Å². The SMILES string of the molecule is O=C(N=C1S[C@H]2CS(=O)(=O)C[C@@H]2N1c1ccc(F)c(Cl)c1)C1CCCCC1. The Hall–Kier alpha value is -1.12. The topological polar surface area (TPSA) is 66.8 Å². The Morgan fingerprint density at radius 2 is 1.96 bits per heavy atom. The molecule has 0 aromatic heterocycles. The number of fused-ring (bicyclic) bond motifs is 1. The molecule has 2 heterocycles. The lowest BCUT2D eigenvalue weighted by molar-refractivity contribution is -0.122. The van der Waals surface area contributed by atoms with Crippen molar-refractivity contribution in [2.45, 2.75) is 43.4 Å². The van der Waals surface area contributed by atoms with Crippen LogP contribution in [-0.2, 0) is 14.6 Å². The molecule has 9 heteroatoms. The van der Waals surface area contributed by atoms with Crippen LogP contribution in [0.2, 0.25) is 5.02 Å². The molecule has 2 aliphatic heterocycles. The van der Waals surface area contributed by atoms with Crippen LogP contribution in [0.15, 0.2) is 23.2 Å². The first-order valence-corrected chi connectivity index (χ1v) is 12.2. The Kier molecular flexibility index (Phi) is 5.24. The highest BCUT2D eigenvalue weighted by Gasteiger charge is 2.49. The molecule has 0 unspecified atom stereocenters. The summed E-state index contributed by atoms with van der Waals surface area (Å²) < 4.78 is 37.8. The van der Waals surface area contributed by atoms with E-state index >= 15 is 0 Å². The van der Waals surface area contributed by atoms with E-state index in [9.17, 15) is 17.6 Å². The molecule has 5 nitrogen and oxygen atoms in total. The Labute approximate surface area is 167 Å². The third kappa shape index (κ3) is 3.89. The van der Waals surface area contributed by atoms with E-state index in [0.717, 1.165) is 32.1 Å². The number of aliphatic imine (C=N–C) groups is 1. The second-order valence-corrected chi connectivity index (χ2v) is 11.1. The molecule has 146 valence electrons. The molecule has 0 spiro atoms. The maximum absolute atomic E-state index is 13.6. The molecule has 27 heavy (non-hydrogen) atoms. The van der Waals surface area contributed by atoms with Gasteiger partial charge in [0.2, 0.25) is 0 Å². The second-order valence-electron chi connectivity index (χ2n) is 7.34. The van der Waals surface area contributed by atoms with Crippen molar-refractivity contribution in [2.24, 2.45) is 10.9 Å². The number of benzene rings is 1. The van der Waals surface area contributed by atoms with E-state index in [2.05, 4.69) is 4.99 Å². The fourth-order valence-corrected chi connectivity index (χ4v) is 8.13. The zero-order chi connectivity index (χ0) is 19.2. The molecule has 3 aliphatic rings. The van der Waals surface area contributed by atoms with Gasteiger partial charge < -0.3 is 4.90 Å². The van der Waals surface area contributed by atoms with Crippen LogP contribution in [0, 0.1) is 11.7 Å². The van der Waals surface area contributed by atoms with Crippen molar-refractivity contribution in [3.05, 3.63) is 29.0 Å². The lowest BCUT2D eigenvalue weighted by atomic mass is 9.89. The van der Waals surface area contributed by atoms with Crippen molar-refractivity contribution in [3.8, 4) is 0 Å². The fraction of sp³-hybridized carbons (Fsp3) is 0.556. The number of carbonyl (C=O) groups is 1. The largest absolute Gasteiger partial charge is 0.316 e. The van der Waals surface area contributed by atoms with E-state index in [1.54, 1.807) is 11.0 Å². The molecule has 2 atom stereocenters. The van der Waals surface area contributed by atoms with E-state index in [1.807, 2.05) is 0 Å². The van der Waals surface area contributed by atoms with Crippen LogP contribution in [0.3, 0.4) is 0 Å². The van der Waals surface area contributed by atoms with Crippen molar-refractivity contribution in [2.75, 3.05) is 16.4 Å². The molecule has 1 saturated carbocycles. The molecule has 0 N–H and O–H groups in total. The van der Waals surface area contributed by atoms with Crippen molar-refractivity contribution in [1.29, 1.82) is 0 Å². The summed E-state index contributed by atoms with van der Waals surface area (Å²) in [6, 6.07) is 3.94. The Morgan fingerprint density at radius 3 is 2.67 bits per heavy atom. The number of halogens is 2. The summed E-state index contributed by atoms with van der Waals surface area (Å²) in [6.07, 6.45) is 4.93. The molecule has 1 aromatic carbocycles. The number of sulfone groups is 1. The minimum atomic E-state index is -3.15. The summed E-state index contributed by atoms with van der Waals surface area (Å²) in [5, 5.41) is 0.273. The predicted octanol–water partition coefficient (Wildman–Crippen LogP) is 3.66. The highest BCUT2D eigenvalue weighted by Crippen LogP contribution is 2.42. The van der Waals surface area contributed by atoms with Crippen LogP contribution >= 0.6 is 23.4 Å². The summed E-state index contributed by atoms with van der Waals surface area (Å²) in [6.45, 7) is 0. The quantitative estimate of drug-likeness (QED) is 0.716. The lowest BCUT2D eigenvalue weighted by Crippen LogP contribution is -2.38. The molecule has 4 rings (SSSR count). The number of amides is 1. The second kappa shape index (κ2) is 7.37. The van der Waals surface area contributed by atoms with Crippen LogP contribution in [-0.4, -0.2) is 42.3 Å². The fourth-order valence-electron chi connectivity index (χ4n) is 4.04. The minimum Gasteiger partial charge on any atom is -0.316 e. The minimum absolute atomic E-state index is 0.00367. The third-order valence-electron chi connectivity index (χ3n) is 5.41. The number of thioether (sulfide) groups is 1. The molecule has 0 bridgehead atoms. The van der Waals surface area contributed by atoms with E-state index in [1.165, 1.54) is 23.9 Å². The van der Waals surface area contributed by atoms with Gasteiger partial charge >= 0.3 is 0 Å². The molecular formula is C18H20ClFN2O3S2. The van der Waals surface area contributed by atoms with Crippen molar-refractivity contribution >= 4 is 50.0 Å². The average Bonchev–Trinajstić information content (AvgIpc) is 3.09. The monoisotopic (exact) mass is 430 g/mol. The number of hydrogen-bond acceptors (Lipinski definition) is 4. The molecule has 2 saturated heterocycles. The van der Waals surface area contributed by atoms with Gasteiger partial charge in [-0.15, -0.1) is 0 Å². The number of rotatable bonds is 2. The zero-order valence-corrected chi connectivity index (χ0v) is 17.0. The molecule has 1 aliphatic carbocycles. The van der Waals surface area contributed by atoms with Crippen molar-refractivity contribution in [3.63, 3.8) is 0 Å². The number of anilines is 1. The normalized spacial score (nSPS) is 29.3. The van der Waals surface area contributed by atoms with Crippen LogP contribution < -0.4 is 4.90 Å². The van der Waals surface area contributed by atoms with Gasteiger partial charge in [0.15, 0.2) is 15.0 Å². The molecule has 0 radical (unpaired) electrons. The standard InChI is InChI=1S/C18H20ClFN2O3S2/c19-13-8-12(6-7-14(13)20)22-15-9-27(24,25)10-16(15)26-18(22)21-17(23)11-4-2-1-3-5-11/h6-8,11,15-16H,1-5,9-10H2/t15-,16-/m0/s1. The Balaban J connectivity index is 1.68. The Bertz CT molecular complexity index is 900. The average molecular weight is 431 g/mol. The maximum Gasteiger partial charge on any atom is 0.251 e. The van der Waals surface area contributed by atoms with Gasteiger partial charge in [-0.05, 0) is 31.0 Å². The Morgan fingerprint density at radius 1 is 1.22 bits per heavy atom. The van der Waals surface area contributed by atoms with Crippen molar-refractivity contribution < 1.29 is 17.6 Å². The van der Waals surface area contributed by atoms with E-state index in [0.29, 0.717) is 10.9 Å². The number of carbonyl (C=O) groups excluding carboxylic acids is 1. The number of amidine groups is 1. The summed E-state index contributed by atoms with van der Waals surface area (Å²) in [4.78, 5) is 18.8. The van der Waals surface area contributed by atoms with Gasteiger partial charge in [-0.25, -0.2) is 12.8 Å². The summed E-state index contributed by atoms with van der Waals surface area (Å²) in [7, 11) is -3.15. The lowest BCUT2D eigenvalue weighted by Gasteiger charge is -2.25. The molecule has 1 aromatic rings.